The van der Waals surface area contributed by atoms with Gasteiger partial charge in [0.25, 0.3) is 0 Å². The maximum absolute atomic E-state index is 12.8. The first-order valence-electron chi connectivity index (χ1n) is 6.90. The van der Waals surface area contributed by atoms with Crippen molar-refractivity contribution in [1.29, 1.82) is 0 Å². The molecule has 24 heavy (non-hydrogen) atoms. The van der Waals surface area contributed by atoms with Crippen LogP contribution in [-0.2, 0) is 12.7 Å². The van der Waals surface area contributed by atoms with Crippen molar-refractivity contribution >= 4 is 5.82 Å². The largest absolute Gasteiger partial charge is 0.433 e. The zero-order valence-electron chi connectivity index (χ0n) is 12.5. The molecule has 0 unspecified atom stereocenters. The molecule has 0 saturated heterocycles. The van der Waals surface area contributed by atoms with Gasteiger partial charge in [-0.15, -0.1) is 5.10 Å². The molecule has 7 nitrogen and oxygen atoms in total. The zero-order chi connectivity index (χ0) is 17.2. The normalized spacial score (nSPS) is 11.5. The number of anilines is 1. The van der Waals surface area contributed by atoms with E-state index >= 15 is 0 Å². The molecule has 0 bridgehead atoms. The predicted molar refractivity (Wildman–Crippen MR) is 78.3 cm³/mol. The highest BCUT2D eigenvalue weighted by Gasteiger charge is 2.33. The fraction of sp³-hybridized carbons (Fsp3) is 0.214. The van der Waals surface area contributed by atoms with E-state index in [1.807, 2.05) is 0 Å². The van der Waals surface area contributed by atoms with E-state index in [9.17, 15) is 13.2 Å². The lowest BCUT2D eigenvalue weighted by atomic mass is 10.3. The Bertz CT molecular complexity index is 830. The Labute approximate surface area is 134 Å². The van der Waals surface area contributed by atoms with Crippen LogP contribution in [0.25, 0.3) is 5.69 Å². The van der Waals surface area contributed by atoms with Gasteiger partial charge in [-0.05, 0) is 19.1 Å². The molecular formula is C14H12F3N7. The van der Waals surface area contributed by atoms with Crippen molar-refractivity contribution in [3.8, 4) is 5.69 Å². The van der Waals surface area contributed by atoms with Crippen LogP contribution in [0.5, 0.6) is 0 Å². The van der Waals surface area contributed by atoms with Crippen molar-refractivity contribution < 1.29 is 13.2 Å². The van der Waals surface area contributed by atoms with E-state index in [2.05, 4.69) is 30.6 Å². The van der Waals surface area contributed by atoms with E-state index in [1.54, 1.807) is 35.4 Å². The van der Waals surface area contributed by atoms with Crippen LogP contribution in [0.4, 0.5) is 19.0 Å². The molecule has 3 aromatic rings. The van der Waals surface area contributed by atoms with Gasteiger partial charge >= 0.3 is 6.18 Å². The maximum atomic E-state index is 12.8. The van der Waals surface area contributed by atoms with Gasteiger partial charge in [-0.25, -0.2) is 14.6 Å². The molecule has 0 aliphatic heterocycles. The van der Waals surface area contributed by atoms with Gasteiger partial charge in [-0.1, -0.05) is 5.21 Å². The second-order valence-electron chi connectivity index (χ2n) is 4.90. The molecule has 0 fully saturated rings. The molecule has 0 aromatic carbocycles. The highest BCUT2D eigenvalue weighted by Crippen LogP contribution is 2.28. The summed E-state index contributed by atoms with van der Waals surface area (Å²) in [7, 11) is 0. The summed E-state index contributed by atoms with van der Waals surface area (Å²) in [4.78, 5) is 11.2. The van der Waals surface area contributed by atoms with Gasteiger partial charge in [0.05, 0.1) is 18.4 Å². The molecule has 3 rings (SSSR count). The number of pyridine rings is 1. The molecule has 124 valence electrons. The van der Waals surface area contributed by atoms with Crippen LogP contribution in [0.2, 0.25) is 0 Å². The van der Waals surface area contributed by atoms with Crippen LogP contribution in [0.1, 0.15) is 17.2 Å². The molecule has 0 aliphatic carbocycles. The number of nitrogens with one attached hydrogen (secondary N) is 1. The number of hydrogen-bond donors (Lipinski definition) is 1. The minimum Gasteiger partial charge on any atom is -0.364 e. The first-order valence-corrected chi connectivity index (χ1v) is 6.90. The number of rotatable bonds is 4. The second-order valence-corrected chi connectivity index (χ2v) is 4.90. The van der Waals surface area contributed by atoms with Gasteiger partial charge < -0.3 is 5.32 Å². The molecule has 0 atom stereocenters. The minimum absolute atomic E-state index is 0.0350. The molecular weight excluding hydrogens is 323 g/mol. The minimum atomic E-state index is -4.52. The Morgan fingerprint density at radius 1 is 1.17 bits per heavy atom. The van der Waals surface area contributed by atoms with Crippen molar-refractivity contribution in [2.45, 2.75) is 19.6 Å². The highest BCUT2D eigenvalue weighted by molar-refractivity contribution is 5.37. The Kier molecular flexibility index (Phi) is 4.11. The predicted octanol–water partition coefficient (Wildman–Crippen LogP) is 2.39. The summed E-state index contributed by atoms with van der Waals surface area (Å²) < 4.78 is 39.8. The average Bonchev–Trinajstić information content (AvgIpc) is 3.01. The molecule has 10 heteroatoms. The maximum Gasteiger partial charge on any atom is 0.433 e. The van der Waals surface area contributed by atoms with E-state index in [1.165, 1.54) is 6.92 Å². The number of aryl methyl sites for hydroxylation is 1. The lowest BCUT2D eigenvalue weighted by Crippen LogP contribution is -2.12. The van der Waals surface area contributed by atoms with Gasteiger partial charge in [-0.3, -0.25) is 4.98 Å². The third kappa shape index (κ3) is 3.65. The van der Waals surface area contributed by atoms with Gasteiger partial charge in [0.1, 0.15) is 23.0 Å². The second kappa shape index (κ2) is 6.22. The average molecular weight is 335 g/mol. The van der Waals surface area contributed by atoms with Crippen LogP contribution < -0.4 is 5.32 Å². The summed E-state index contributed by atoms with van der Waals surface area (Å²) >= 11 is 0. The quantitative estimate of drug-likeness (QED) is 0.788. The third-order valence-corrected chi connectivity index (χ3v) is 3.05. The molecule has 0 spiro atoms. The number of alkyl halides is 3. The van der Waals surface area contributed by atoms with Crippen molar-refractivity contribution in [1.82, 2.24) is 29.9 Å². The van der Waals surface area contributed by atoms with Crippen molar-refractivity contribution in [3.05, 3.63) is 54.0 Å². The van der Waals surface area contributed by atoms with Crippen LogP contribution in [0.3, 0.4) is 0 Å². The molecule has 1 N–H and O–H groups in total. The van der Waals surface area contributed by atoms with Gasteiger partial charge in [-0.2, -0.15) is 13.2 Å². The Balaban J connectivity index is 1.73. The highest BCUT2D eigenvalue weighted by atomic mass is 19.4. The number of halogens is 3. The summed E-state index contributed by atoms with van der Waals surface area (Å²) in [5, 5.41) is 10.7. The van der Waals surface area contributed by atoms with Crippen LogP contribution >= 0.6 is 0 Å². The molecule has 3 aromatic heterocycles. The molecule has 0 amide bonds. The Morgan fingerprint density at radius 3 is 2.62 bits per heavy atom. The van der Waals surface area contributed by atoms with E-state index in [0.29, 0.717) is 5.69 Å². The molecule has 0 radical (unpaired) electrons. The smallest absolute Gasteiger partial charge is 0.364 e. The summed E-state index contributed by atoms with van der Waals surface area (Å²) in [6, 6.07) is 4.38. The van der Waals surface area contributed by atoms with Crippen molar-refractivity contribution in [2.24, 2.45) is 0 Å². The summed E-state index contributed by atoms with van der Waals surface area (Å²) in [6.07, 6.45) is 0.393. The van der Waals surface area contributed by atoms with E-state index < -0.39 is 11.9 Å². The van der Waals surface area contributed by atoms with E-state index in [-0.39, 0.29) is 18.2 Å². The third-order valence-electron chi connectivity index (χ3n) is 3.05. The van der Waals surface area contributed by atoms with Crippen LogP contribution in [-0.4, -0.2) is 29.9 Å². The van der Waals surface area contributed by atoms with Gasteiger partial charge in [0.2, 0.25) is 0 Å². The number of aromatic nitrogens is 6. The summed E-state index contributed by atoms with van der Waals surface area (Å²) in [6.45, 7) is 1.58. The first kappa shape index (κ1) is 15.8. The van der Waals surface area contributed by atoms with Crippen LogP contribution in [0, 0.1) is 6.92 Å². The fourth-order valence-electron chi connectivity index (χ4n) is 1.99. The zero-order valence-corrected chi connectivity index (χ0v) is 12.5. The Morgan fingerprint density at radius 2 is 1.92 bits per heavy atom. The first-order chi connectivity index (χ1) is 11.4. The SMILES string of the molecule is Cc1nc(NCc2cn(-c3ccncc3)nn2)cc(C(F)(F)F)n1. The lowest BCUT2D eigenvalue weighted by molar-refractivity contribution is -0.141. The van der Waals surface area contributed by atoms with Gasteiger partial charge in [0, 0.05) is 18.5 Å². The molecule has 0 aliphatic rings. The standard InChI is InChI=1S/C14H12F3N7/c1-9-20-12(14(15,16)17)6-13(21-9)19-7-10-8-24(23-22-10)11-2-4-18-5-3-11/h2-6,8H,7H2,1H3,(H,19,20,21). The number of hydrogen-bond acceptors (Lipinski definition) is 6. The fourth-order valence-corrected chi connectivity index (χ4v) is 1.99. The number of nitrogens with zero attached hydrogens (tertiary/aromatic N) is 6. The van der Waals surface area contributed by atoms with E-state index in [4.69, 9.17) is 0 Å². The molecule has 3 heterocycles. The Hall–Kier alpha value is -3.04. The topological polar surface area (TPSA) is 81.4 Å². The van der Waals surface area contributed by atoms with Crippen LogP contribution in [0.15, 0.2) is 36.8 Å². The molecule has 0 saturated carbocycles. The summed E-state index contributed by atoms with van der Waals surface area (Å²) in [5.41, 5.74) is 0.343. The lowest BCUT2D eigenvalue weighted by Gasteiger charge is -2.09. The monoisotopic (exact) mass is 335 g/mol. The van der Waals surface area contributed by atoms with Crippen molar-refractivity contribution in [2.75, 3.05) is 5.32 Å². The summed E-state index contributed by atoms with van der Waals surface area (Å²) in [5.74, 6) is 0.112. The van der Waals surface area contributed by atoms with E-state index in [0.717, 1.165) is 11.8 Å². The van der Waals surface area contributed by atoms with Crippen molar-refractivity contribution in [3.63, 3.8) is 0 Å². The van der Waals surface area contributed by atoms with Gasteiger partial charge in [0.15, 0.2) is 0 Å².